The summed E-state index contributed by atoms with van der Waals surface area (Å²) in [4.78, 5) is 30.6. The number of methoxy groups -OCH3 is 1. The van der Waals surface area contributed by atoms with Gasteiger partial charge in [0, 0.05) is 25.8 Å². The first-order valence-corrected chi connectivity index (χ1v) is 12.1. The van der Waals surface area contributed by atoms with Gasteiger partial charge >= 0.3 is 0 Å². The number of hydrogen-bond donors (Lipinski definition) is 0. The maximum Gasteiger partial charge on any atom is 0.250 e. The first-order valence-electron chi connectivity index (χ1n) is 12.1. The van der Waals surface area contributed by atoms with Crippen LogP contribution in [0.5, 0.6) is 11.5 Å². The Morgan fingerprint density at radius 3 is 2.50 bits per heavy atom. The molecule has 1 aromatic carbocycles. The molecule has 3 rings (SSSR count). The van der Waals surface area contributed by atoms with E-state index in [9.17, 15) is 9.59 Å². The van der Waals surface area contributed by atoms with Crippen LogP contribution in [0.15, 0.2) is 18.2 Å². The minimum absolute atomic E-state index is 0.00180. The molecular formula is C25H38N2O5. The molecule has 0 radical (unpaired) electrons. The van der Waals surface area contributed by atoms with Gasteiger partial charge in [-0.2, -0.15) is 0 Å². The summed E-state index contributed by atoms with van der Waals surface area (Å²) in [5.41, 5.74) is 0.765. The summed E-state index contributed by atoms with van der Waals surface area (Å²) in [7, 11) is 1.60. The molecule has 1 aliphatic heterocycles. The molecule has 0 N–H and O–H groups in total. The van der Waals surface area contributed by atoms with Crippen LogP contribution in [0.4, 0.5) is 0 Å². The lowest BCUT2D eigenvalue weighted by molar-refractivity contribution is -0.159. The van der Waals surface area contributed by atoms with Crippen LogP contribution >= 0.6 is 0 Å². The van der Waals surface area contributed by atoms with Crippen molar-refractivity contribution in [1.29, 1.82) is 0 Å². The Morgan fingerprint density at radius 1 is 1.03 bits per heavy atom. The van der Waals surface area contributed by atoms with E-state index in [1.54, 1.807) is 12.0 Å². The summed E-state index contributed by atoms with van der Waals surface area (Å²) in [6, 6.07) is 5.10. The average Bonchev–Trinajstić information content (AvgIpc) is 2.82. The van der Waals surface area contributed by atoms with Gasteiger partial charge < -0.3 is 24.0 Å². The lowest BCUT2D eigenvalue weighted by atomic mass is 9.91. The highest BCUT2D eigenvalue weighted by Crippen LogP contribution is 2.36. The van der Waals surface area contributed by atoms with E-state index in [1.807, 2.05) is 36.9 Å². The SMILES string of the molecule is CCCOc1ccc([C@@H]2C(=O)N(C3CCCCC3)CC(=O)N2CCCOCC)cc1OC. The van der Waals surface area contributed by atoms with E-state index >= 15 is 0 Å². The summed E-state index contributed by atoms with van der Waals surface area (Å²) in [5.74, 6) is 1.25. The lowest BCUT2D eigenvalue weighted by Gasteiger charge is -2.44. The van der Waals surface area contributed by atoms with Crippen molar-refractivity contribution in [1.82, 2.24) is 9.80 Å². The first kappa shape index (κ1) is 24.4. The monoisotopic (exact) mass is 446 g/mol. The highest BCUT2D eigenvalue weighted by molar-refractivity contribution is 5.96. The van der Waals surface area contributed by atoms with Gasteiger partial charge in [-0.25, -0.2) is 0 Å². The van der Waals surface area contributed by atoms with Gasteiger partial charge in [-0.1, -0.05) is 32.3 Å². The number of amides is 2. The van der Waals surface area contributed by atoms with E-state index in [0.717, 1.165) is 37.7 Å². The molecule has 1 aromatic rings. The number of nitrogens with zero attached hydrogens (tertiary/aromatic N) is 2. The quantitative estimate of drug-likeness (QED) is 0.482. The summed E-state index contributed by atoms with van der Waals surface area (Å²) in [6.07, 6.45) is 6.97. The molecular weight excluding hydrogens is 408 g/mol. The normalized spacial score (nSPS) is 20.0. The Hall–Kier alpha value is -2.28. The van der Waals surface area contributed by atoms with Gasteiger partial charge in [0.15, 0.2) is 11.5 Å². The summed E-state index contributed by atoms with van der Waals surface area (Å²) in [5, 5.41) is 0. The number of benzene rings is 1. The van der Waals surface area contributed by atoms with Crippen LogP contribution in [0.3, 0.4) is 0 Å². The van der Waals surface area contributed by atoms with E-state index in [0.29, 0.717) is 44.3 Å². The second kappa shape index (κ2) is 12.1. The fourth-order valence-corrected chi connectivity index (χ4v) is 4.69. The second-order valence-corrected chi connectivity index (χ2v) is 8.56. The molecule has 178 valence electrons. The number of carbonyl (C=O) groups is 2. The molecule has 0 unspecified atom stereocenters. The third-order valence-corrected chi connectivity index (χ3v) is 6.33. The van der Waals surface area contributed by atoms with Crippen LogP contribution in [0, 0.1) is 0 Å². The van der Waals surface area contributed by atoms with E-state index in [2.05, 4.69) is 0 Å². The average molecular weight is 447 g/mol. The third-order valence-electron chi connectivity index (χ3n) is 6.33. The van der Waals surface area contributed by atoms with E-state index in [1.165, 1.54) is 6.42 Å². The molecule has 2 aliphatic rings. The molecule has 1 heterocycles. The minimum atomic E-state index is -0.645. The van der Waals surface area contributed by atoms with Crippen molar-refractivity contribution in [2.24, 2.45) is 0 Å². The van der Waals surface area contributed by atoms with Crippen LogP contribution in [0.1, 0.15) is 70.4 Å². The molecule has 1 saturated heterocycles. The number of carbonyl (C=O) groups excluding carboxylic acids is 2. The number of rotatable bonds is 11. The van der Waals surface area contributed by atoms with Gasteiger partial charge in [-0.05, 0) is 50.3 Å². The zero-order chi connectivity index (χ0) is 22.9. The molecule has 2 amide bonds. The second-order valence-electron chi connectivity index (χ2n) is 8.56. The van der Waals surface area contributed by atoms with Crippen molar-refractivity contribution in [3.8, 4) is 11.5 Å². The summed E-state index contributed by atoms with van der Waals surface area (Å²) >= 11 is 0. The van der Waals surface area contributed by atoms with Crippen molar-refractivity contribution in [3.05, 3.63) is 23.8 Å². The largest absolute Gasteiger partial charge is 0.493 e. The Kier molecular flexibility index (Phi) is 9.21. The first-order chi connectivity index (χ1) is 15.6. The molecule has 32 heavy (non-hydrogen) atoms. The standard InChI is InChI=1S/C25H38N2O5/c1-4-15-32-21-13-12-19(17-22(21)30-3)24-25(29)27(20-10-7-6-8-11-20)18-23(28)26(24)14-9-16-31-5-2/h12-13,17,20,24H,4-11,14-16,18H2,1-3H3/t24-/m1/s1. The summed E-state index contributed by atoms with van der Waals surface area (Å²) in [6.45, 7) is 6.47. The van der Waals surface area contributed by atoms with Gasteiger partial charge in [-0.15, -0.1) is 0 Å². The predicted molar refractivity (Wildman–Crippen MR) is 123 cm³/mol. The molecule has 1 aliphatic carbocycles. The Labute approximate surface area is 192 Å². The zero-order valence-electron chi connectivity index (χ0n) is 19.8. The molecule has 0 bridgehead atoms. The van der Waals surface area contributed by atoms with Gasteiger partial charge in [0.1, 0.15) is 12.6 Å². The van der Waals surface area contributed by atoms with Crippen molar-refractivity contribution in [3.63, 3.8) is 0 Å². The smallest absolute Gasteiger partial charge is 0.250 e. The Balaban J connectivity index is 1.89. The zero-order valence-corrected chi connectivity index (χ0v) is 19.8. The van der Waals surface area contributed by atoms with E-state index < -0.39 is 6.04 Å². The maximum atomic E-state index is 13.8. The fraction of sp³-hybridized carbons (Fsp3) is 0.680. The third kappa shape index (κ3) is 5.74. The molecule has 0 aromatic heterocycles. The van der Waals surface area contributed by atoms with Crippen LogP contribution in [-0.2, 0) is 14.3 Å². The van der Waals surface area contributed by atoms with E-state index in [4.69, 9.17) is 14.2 Å². The molecule has 7 heteroatoms. The molecule has 7 nitrogen and oxygen atoms in total. The van der Waals surface area contributed by atoms with Gasteiger partial charge in [0.25, 0.3) is 5.91 Å². The fourth-order valence-electron chi connectivity index (χ4n) is 4.69. The number of piperazine rings is 1. The van der Waals surface area contributed by atoms with Crippen molar-refractivity contribution in [2.45, 2.75) is 70.9 Å². The lowest BCUT2D eigenvalue weighted by Crippen LogP contribution is -2.58. The molecule has 2 fully saturated rings. The van der Waals surface area contributed by atoms with Crippen LogP contribution < -0.4 is 9.47 Å². The molecule has 1 saturated carbocycles. The Morgan fingerprint density at radius 2 is 1.81 bits per heavy atom. The maximum absolute atomic E-state index is 13.8. The topological polar surface area (TPSA) is 68.3 Å². The van der Waals surface area contributed by atoms with Crippen LogP contribution in [-0.4, -0.2) is 67.7 Å². The highest BCUT2D eigenvalue weighted by atomic mass is 16.5. The van der Waals surface area contributed by atoms with Crippen molar-refractivity contribution < 1.29 is 23.8 Å². The van der Waals surface area contributed by atoms with Crippen LogP contribution in [0.25, 0.3) is 0 Å². The van der Waals surface area contributed by atoms with Crippen LogP contribution in [0.2, 0.25) is 0 Å². The molecule has 1 atom stereocenters. The minimum Gasteiger partial charge on any atom is -0.493 e. The van der Waals surface area contributed by atoms with E-state index in [-0.39, 0.29) is 24.4 Å². The highest BCUT2D eigenvalue weighted by Gasteiger charge is 2.42. The predicted octanol–water partition coefficient (Wildman–Crippen LogP) is 3.96. The Bertz CT molecular complexity index is 763. The van der Waals surface area contributed by atoms with Gasteiger partial charge in [0.2, 0.25) is 5.91 Å². The number of ether oxygens (including phenoxy) is 3. The summed E-state index contributed by atoms with van der Waals surface area (Å²) < 4.78 is 16.8. The van der Waals surface area contributed by atoms with Crippen molar-refractivity contribution in [2.75, 3.05) is 40.0 Å². The van der Waals surface area contributed by atoms with Crippen molar-refractivity contribution >= 4 is 11.8 Å². The molecule has 0 spiro atoms. The van der Waals surface area contributed by atoms with Gasteiger partial charge in [-0.3, -0.25) is 9.59 Å². The van der Waals surface area contributed by atoms with Gasteiger partial charge in [0.05, 0.1) is 13.7 Å². The number of hydrogen-bond acceptors (Lipinski definition) is 5.